The summed E-state index contributed by atoms with van der Waals surface area (Å²) in [6, 6.07) is 0. The Labute approximate surface area is 81.4 Å². The van der Waals surface area contributed by atoms with Crippen LogP contribution in [0.15, 0.2) is 0 Å². The van der Waals surface area contributed by atoms with E-state index < -0.39 is 14.0 Å². The third-order valence-electron chi connectivity index (χ3n) is 1.41. The van der Waals surface area contributed by atoms with Crippen LogP contribution in [0.5, 0.6) is 0 Å². The first kappa shape index (κ1) is 12.2. The summed E-state index contributed by atoms with van der Waals surface area (Å²) in [6.07, 6.45) is 2.77. The van der Waals surface area contributed by atoms with Crippen LogP contribution in [-0.2, 0) is 4.79 Å². The highest BCUT2D eigenvalue weighted by atomic mass is 28.3. The zero-order valence-corrected chi connectivity index (χ0v) is 9.68. The summed E-state index contributed by atoms with van der Waals surface area (Å²) in [4.78, 5) is 10.2. The van der Waals surface area contributed by atoms with E-state index in [1.165, 1.54) is 0 Å². The second-order valence-electron chi connectivity index (χ2n) is 4.15. The van der Waals surface area contributed by atoms with Crippen LogP contribution in [0.25, 0.3) is 0 Å². The highest BCUT2D eigenvalue weighted by molar-refractivity contribution is 6.83. The van der Waals surface area contributed by atoms with Gasteiger partial charge < -0.3 is 5.11 Å². The lowest BCUT2D eigenvalue weighted by Gasteiger charge is -2.03. The average Bonchev–Trinajstić information content (AvgIpc) is 1.93. The molecule has 0 bridgehead atoms. The monoisotopic (exact) mass is 198 g/mol. The summed E-state index contributed by atoms with van der Waals surface area (Å²) in [6.45, 7) is 6.62. The van der Waals surface area contributed by atoms with Gasteiger partial charge >= 0.3 is 5.97 Å². The highest BCUT2D eigenvalue weighted by Gasteiger charge is 2.06. The van der Waals surface area contributed by atoms with Gasteiger partial charge in [0.1, 0.15) is 8.07 Å². The van der Waals surface area contributed by atoms with Gasteiger partial charge in [-0.2, -0.15) is 0 Å². The fraction of sp³-hybridized carbons (Fsp3) is 0.700. The molecule has 0 heterocycles. The molecule has 0 aromatic carbocycles. The normalized spacial score (nSPS) is 10.4. The Morgan fingerprint density at radius 1 is 1.31 bits per heavy atom. The molecule has 0 aromatic rings. The smallest absolute Gasteiger partial charge is 0.303 e. The van der Waals surface area contributed by atoms with Crippen molar-refractivity contribution in [2.75, 3.05) is 0 Å². The topological polar surface area (TPSA) is 37.3 Å². The molecule has 0 saturated heterocycles. The largest absolute Gasteiger partial charge is 0.481 e. The van der Waals surface area contributed by atoms with Gasteiger partial charge in [0.2, 0.25) is 0 Å². The van der Waals surface area contributed by atoms with Crippen LogP contribution in [-0.4, -0.2) is 19.1 Å². The number of carboxylic acids is 1. The van der Waals surface area contributed by atoms with Gasteiger partial charge in [0.05, 0.1) is 0 Å². The first-order valence-electron chi connectivity index (χ1n) is 4.63. The van der Waals surface area contributed by atoms with E-state index in [-0.39, 0.29) is 6.42 Å². The lowest BCUT2D eigenvalue weighted by atomic mass is 10.2. The van der Waals surface area contributed by atoms with E-state index in [0.29, 0.717) is 0 Å². The molecule has 13 heavy (non-hydrogen) atoms. The van der Waals surface area contributed by atoms with Crippen LogP contribution in [0.3, 0.4) is 0 Å². The molecule has 0 spiro atoms. The molecule has 0 aliphatic carbocycles. The van der Waals surface area contributed by atoms with E-state index in [2.05, 4.69) is 31.1 Å². The first-order chi connectivity index (χ1) is 5.92. The molecule has 1 N–H and O–H groups in total. The maximum Gasteiger partial charge on any atom is 0.303 e. The Bertz CT molecular complexity index is 217. The molecule has 3 heteroatoms. The number of carbonyl (C=O) groups is 1. The molecular formula is C10H18O2Si. The van der Waals surface area contributed by atoms with Crippen molar-refractivity contribution in [2.45, 2.75) is 45.3 Å². The van der Waals surface area contributed by atoms with Crippen LogP contribution >= 0.6 is 0 Å². The van der Waals surface area contributed by atoms with Crippen molar-refractivity contribution in [3.05, 3.63) is 0 Å². The zero-order chi connectivity index (χ0) is 10.3. The molecule has 0 unspecified atom stereocenters. The van der Waals surface area contributed by atoms with Crippen LogP contribution in [0.2, 0.25) is 19.6 Å². The third kappa shape index (κ3) is 11.2. The summed E-state index contributed by atoms with van der Waals surface area (Å²) in [5, 5.41) is 8.37. The molecule has 0 saturated carbocycles. The van der Waals surface area contributed by atoms with Crippen LogP contribution in [0.1, 0.15) is 25.7 Å². The van der Waals surface area contributed by atoms with Crippen molar-refractivity contribution in [3.63, 3.8) is 0 Å². The Morgan fingerprint density at radius 3 is 2.38 bits per heavy atom. The van der Waals surface area contributed by atoms with E-state index in [1.807, 2.05) is 0 Å². The average molecular weight is 198 g/mol. The van der Waals surface area contributed by atoms with Gasteiger partial charge in [-0.15, -0.1) is 11.5 Å². The second kappa shape index (κ2) is 5.82. The maximum absolute atomic E-state index is 10.2. The molecule has 0 rings (SSSR count). The minimum atomic E-state index is -1.22. The first-order valence-corrected chi connectivity index (χ1v) is 8.13. The van der Waals surface area contributed by atoms with Gasteiger partial charge in [-0.25, -0.2) is 0 Å². The molecule has 0 atom stereocenters. The molecule has 0 fully saturated rings. The summed E-state index contributed by atoms with van der Waals surface area (Å²) in [5.41, 5.74) is 3.25. The number of hydrogen-bond acceptors (Lipinski definition) is 1. The van der Waals surface area contributed by atoms with Crippen molar-refractivity contribution in [1.82, 2.24) is 0 Å². The molecule has 74 valence electrons. The Hall–Kier alpha value is -0.753. The number of rotatable bonds is 4. The quantitative estimate of drug-likeness (QED) is 0.428. The lowest BCUT2D eigenvalue weighted by molar-refractivity contribution is -0.137. The van der Waals surface area contributed by atoms with Gasteiger partial charge in [-0.05, 0) is 12.8 Å². The van der Waals surface area contributed by atoms with Crippen LogP contribution in [0.4, 0.5) is 0 Å². The van der Waals surface area contributed by atoms with Gasteiger partial charge in [0.15, 0.2) is 0 Å². The Morgan fingerprint density at radius 2 is 1.92 bits per heavy atom. The van der Waals surface area contributed by atoms with Crippen LogP contribution < -0.4 is 0 Å². The number of aliphatic carboxylic acids is 1. The molecule has 0 radical (unpaired) electrons. The zero-order valence-electron chi connectivity index (χ0n) is 8.68. The van der Waals surface area contributed by atoms with E-state index in [0.717, 1.165) is 19.3 Å². The third-order valence-corrected chi connectivity index (χ3v) is 2.33. The van der Waals surface area contributed by atoms with Crippen molar-refractivity contribution in [1.29, 1.82) is 0 Å². The standard InChI is InChI=1S/C10H18O2Si/c1-13(2,3)9-7-5-4-6-8-10(11)12/h4-6,8H2,1-3H3,(H,11,12). The van der Waals surface area contributed by atoms with E-state index in [4.69, 9.17) is 5.11 Å². The van der Waals surface area contributed by atoms with Gasteiger partial charge in [0.25, 0.3) is 0 Å². The van der Waals surface area contributed by atoms with Crippen LogP contribution in [0, 0.1) is 11.5 Å². The maximum atomic E-state index is 10.2. The van der Waals surface area contributed by atoms with E-state index in [1.54, 1.807) is 0 Å². The summed E-state index contributed by atoms with van der Waals surface area (Å²) in [5.74, 6) is 2.41. The summed E-state index contributed by atoms with van der Waals surface area (Å²) in [7, 11) is -1.22. The predicted molar refractivity (Wildman–Crippen MR) is 57.2 cm³/mol. The van der Waals surface area contributed by atoms with Crippen molar-refractivity contribution >= 4 is 14.0 Å². The number of unbranched alkanes of at least 4 members (excludes halogenated alkanes) is 2. The molecule has 2 nitrogen and oxygen atoms in total. The molecule has 0 aliphatic rings. The van der Waals surface area contributed by atoms with Crippen molar-refractivity contribution in [3.8, 4) is 11.5 Å². The Kier molecular flexibility index (Phi) is 5.48. The highest BCUT2D eigenvalue weighted by Crippen LogP contribution is 2.00. The minimum absolute atomic E-state index is 0.272. The second-order valence-corrected chi connectivity index (χ2v) is 8.90. The lowest BCUT2D eigenvalue weighted by Crippen LogP contribution is -2.16. The molecule has 0 aromatic heterocycles. The van der Waals surface area contributed by atoms with Crippen molar-refractivity contribution < 1.29 is 9.90 Å². The number of carboxylic acid groups (broad SMARTS) is 1. The number of hydrogen-bond donors (Lipinski definition) is 1. The van der Waals surface area contributed by atoms with Gasteiger partial charge in [0, 0.05) is 12.8 Å². The molecule has 0 amide bonds. The van der Waals surface area contributed by atoms with E-state index >= 15 is 0 Å². The predicted octanol–water partition coefficient (Wildman–Crippen LogP) is 2.51. The van der Waals surface area contributed by atoms with Gasteiger partial charge in [-0.3, -0.25) is 4.79 Å². The Balaban J connectivity index is 3.44. The van der Waals surface area contributed by atoms with Gasteiger partial charge in [-0.1, -0.05) is 19.6 Å². The SMILES string of the molecule is C[Si](C)(C)C#CCCCCC(=O)O. The summed E-state index contributed by atoms with van der Waals surface area (Å²) >= 11 is 0. The molecular weight excluding hydrogens is 180 g/mol. The fourth-order valence-electron chi connectivity index (χ4n) is 0.817. The van der Waals surface area contributed by atoms with Crippen molar-refractivity contribution in [2.24, 2.45) is 0 Å². The van der Waals surface area contributed by atoms with E-state index in [9.17, 15) is 4.79 Å². The molecule has 0 aliphatic heterocycles. The minimum Gasteiger partial charge on any atom is -0.481 e. The summed E-state index contributed by atoms with van der Waals surface area (Å²) < 4.78 is 0. The fourth-order valence-corrected chi connectivity index (χ4v) is 1.47.